The minimum absolute atomic E-state index is 0.108. The minimum atomic E-state index is -0.667. The normalized spacial score (nSPS) is 17.6. The first-order valence-corrected chi connectivity index (χ1v) is 11.0. The van der Waals surface area contributed by atoms with Crippen LogP contribution in [0.4, 0.5) is 13.6 Å². The monoisotopic (exact) mass is 427 g/mol. The first kappa shape index (κ1) is 21.8. The average molecular weight is 428 g/mol. The molecule has 9 heteroatoms. The number of imide groups is 1. The average Bonchev–Trinajstić information content (AvgIpc) is 3.44. The molecule has 1 aromatic rings. The number of amides is 3. The van der Waals surface area contributed by atoms with Gasteiger partial charge in [-0.2, -0.15) is 0 Å². The quantitative estimate of drug-likeness (QED) is 0.302. The van der Waals surface area contributed by atoms with Crippen molar-refractivity contribution in [1.29, 1.82) is 0 Å². The number of halogens is 2. The van der Waals surface area contributed by atoms with Gasteiger partial charge in [0.1, 0.15) is 12.4 Å². The van der Waals surface area contributed by atoms with Gasteiger partial charge < -0.3 is 9.64 Å². The molecule has 2 fully saturated rings. The summed E-state index contributed by atoms with van der Waals surface area (Å²) in [5.41, 5.74) is 0.384. The van der Waals surface area contributed by atoms with Crippen molar-refractivity contribution in [2.45, 2.75) is 45.1 Å². The van der Waals surface area contributed by atoms with Crippen LogP contribution in [0.2, 0.25) is 0 Å². The summed E-state index contributed by atoms with van der Waals surface area (Å²) in [6.45, 7) is 3.02. The molecule has 1 aliphatic heterocycles. The number of hydrogen-bond donors (Lipinski definition) is 2. The summed E-state index contributed by atoms with van der Waals surface area (Å²) in [5, 5.41) is 2.26. The largest absolute Gasteiger partial charge is 0.490 e. The fraction of sp³-hybridized carbons (Fsp3) is 0.600. The van der Waals surface area contributed by atoms with Crippen molar-refractivity contribution < 1.29 is 23.1 Å². The van der Waals surface area contributed by atoms with Gasteiger partial charge in [0.15, 0.2) is 11.6 Å². The third kappa shape index (κ3) is 6.57. The second kappa shape index (κ2) is 10.2. The molecule has 0 radical (unpaired) electrons. The van der Waals surface area contributed by atoms with Crippen molar-refractivity contribution in [3.05, 3.63) is 29.3 Å². The first-order valence-electron chi connectivity index (χ1n) is 10.0. The summed E-state index contributed by atoms with van der Waals surface area (Å²) in [4.78, 5) is 24.0. The van der Waals surface area contributed by atoms with Crippen molar-refractivity contribution in [1.82, 2.24) is 14.9 Å². The van der Waals surface area contributed by atoms with E-state index in [2.05, 4.69) is 10.0 Å². The predicted octanol–water partition coefficient (Wildman–Crippen LogP) is 3.77. The molecule has 1 unspecified atom stereocenters. The fourth-order valence-electron chi connectivity index (χ4n) is 3.04. The van der Waals surface area contributed by atoms with Gasteiger partial charge in [-0.05, 0) is 44.6 Å². The second-order valence-corrected chi connectivity index (χ2v) is 8.51. The second-order valence-electron chi connectivity index (χ2n) is 7.58. The molecule has 3 amide bonds. The van der Waals surface area contributed by atoms with Gasteiger partial charge in [-0.15, -0.1) is 0 Å². The van der Waals surface area contributed by atoms with E-state index in [1.165, 1.54) is 22.9 Å². The molecule has 1 aliphatic carbocycles. The molecular formula is C20H27F2N3O3S. The van der Waals surface area contributed by atoms with E-state index < -0.39 is 11.6 Å². The summed E-state index contributed by atoms with van der Waals surface area (Å²) < 4.78 is 36.8. The van der Waals surface area contributed by atoms with E-state index in [0.29, 0.717) is 24.6 Å². The highest BCUT2D eigenvalue weighted by Gasteiger charge is 2.25. The predicted molar refractivity (Wildman–Crippen MR) is 108 cm³/mol. The third-order valence-electron chi connectivity index (χ3n) is 4.99. The number of carbonyl (C=O) groups excluding carboxylic acids is 2. The number of benzene rings is 1. The molecule has 6 nitrogen and oxygen atoms in total. The Balaban J connectivity index is 1.34. The standard InChI is InChI=1S/C20H27F2N3O3S/c1-13(15-9-18(17(22)10-16(15)21)28-12-14-5-6-14)24-29-8-4-2-3-7-25-11-19(26)23-20(25)27/h9-10,13-14,24H,2-8,11-12H2,1H3,(H,23,26,27). The van der Waals surface area contributed by atoms with E-state index in [1.807, 2.05) is 6.92 Å². The molecular weight excluding hydrogens is 400 g/mol. The molecule has 29 heavy (non-hydrogen) atoms. The molecule has 160 valence electrons. The van der Waals surface area contributed by atoms with Crippen LogP contribution in [0.1, 0.15) is 50.6 Å². The van der Waals surface area contributed by atoms with E-state index in [4.69, 9.17) is 4.74 Å². The first-order chi connectivity index (χ1) is 13.9. The number of carbonyl (C=O) groups is 2. The SMILES string of the molecule is CC(NSCCCCCN1CC(=O)NC1=O)c1cc(OCC2CC2)c(F)cc1F. The van der Waals surface area contributed by atoms with Crippen molar-refractivity contribution in [2.24, 2.45) is 5.92 Å². The molecule has 1 saturated carbocycles. The lowest BCUT2D eigenvalue weighted by Crippen LogP contribution is -2.29. The molecule has 2 N–H and O–H groups in total. The van der Waals surface area contributed by atoms with Gasteiger partial charge in [0.05, 0.1) is 6.61 Å². The highest BCUT2D eigenvalue weighted by Crippen LogP contribution is 2.32. The van der Waals surface area contributed by atoms with Gasteiger partial charge in [-0.3, -0.25) is 14.8 Å². The van der Waals surface area contributed by atoms with Gasteiger partial charge >= 0.3 is 6.03 Å². The maximum atomic E-state index is 14.2. The van der Waals surface area contributed by atoms with Crippen LogP contribution in [-0.4, -0.2) is 42.3 Å². The Morgan fingerprint density at radius 3 is 2.72 bits per heavy atom. The highest BCUT2D eigenvalue weighted by atomic mass is 32.2. The number of nitrogens with zero attached hydrogens (tertiary/aromatic N) is 1. The van der Waals surface area contributed by atoms with Gasteiger partial charge in [-0.25, -0.2) is 13.6 Å². The molecule has 0 bridgehead atoms. The summed E-state index contributed by atoms with van der Waals surface area (Å²) in [6, 6.07) is 1.73. The Morgan fingerprint density at radius 1 is 1.24 bits per heavy atom. The van der Waals surface area contributed by atoms with E-state index in [9.17, 15) is 18.4 Å². The van der Waals surface area contributed by atoms with Gasteiger partial charge in [0.25, 0.3) is 0 Å². The van der Waals surface area contributed by atoms with E-state index in [-0.39, 0.29) is 30.3 Å². The highest BCUT2D eigenvalue weighted by molar-refractivity contribution is 7.97. The molecule has 1 saturated heterocycles. The smallest absolute Gasteiger partial charge is 0.324 e. The van der Waals surface area contributed by atoms with Crippen molar-refractivity contribution in [3.8, 4) is 5.75 Å². The zero-order valence-corrected chi connectivity index (χ0v) is 17.3. The number of hydrogen-bond acceptors (Lipinski definition) is 5. The maximum absolute atomic E-state index is 14.2. The number of urea groups is 1. The van der Waals surface area contributed by atoms with Crippen molar-refractivity contribution in [3.63, 3.8) is 0 Å². The lowest BCUT2D eigenvalue weighted by molar-refractivity contribution is -0.118. The zero-order chi connectivity index (χ0) is 20.8. The molecule has 1 heterocycles. The molecule has 2 aliphatic rings. The minimum Gasteiger partial charge on any atom is -0.490 e. The number of unbranched alkanes of at least 4 members (excludes halogenated alkanes) is 2. The Bertz CT molecular complexity index is 746. The van der Waals surface area contributed by atoms with Crippen molar-refractivity contribution in [2.75, 3.05) is 25.4 Å². The molecule has 1 aromatic carbocycles. The van der Waals surface area contributed by atoms with Crippen LogP contribution in [-0.2, 0) is 4.79 Å². The Kier molecular flexibility index (Phi) is 7.71. The zero-order valence-electron chi connectivity index (χ0n) is 16.5. The Labute approximate surface area is 173 Å². The van der Waals surface area contributed by atoms with Crippen LogP contribution in [0.15, 0.2) is 12.1 Å². The molecule has 3 rings (SSSR count). The maximum Gasteiger partial charge on any atom is 0.324 e. The molecule has 0 aromatic heterocycles. The summed E-state index contributed by atoms with van der Waals surface area (Å²) >= 11 is 1.49. The lowest BCUT2D eigenvalue weighted by atomic mass is 10.1. The van der Waals surface area contributed by atoms with Crippen LogP contribution in [0, 0.1) is 17.6 Å². The third-order valence-corrected chi connectivity index (χ3v) is 6.00. The molecule has 0 spiro atoms. The number of rotatable bonds is 12. The summed E-state index contributed by atoms with van der Waals surface area (Å²) in [5.74, 6) is -0.0763. The lowest BCUT2D eigenvalue weighted by Gasteiger charge is -2.16. The Morgan fingerprint density at radius 2 is 2.03 bits per heavy atom. The van der Waals surface area contributed by atoms with E-state index >= 15 is 0 Å². The van der Waals surface area contributed by atoms with Gasteiger partial charge in [0.2, 0.25) is 5.91 Å². The number of nitrogens with one attached hydrogen (secondary N) is 2. The van der Waals surface area contributed by atoms with Crippen LogP contribution < -0.4 is 14.8 Å². The number of ether oxygens (including phenoxy) is 1. The van der Waals surface area contributed by atoms with Gasteiger partial charge in [-0.1, -0.05) is 18.4 Å². The summed E-state index contributed by atoms with van der Waals surface area (Å²) in [7, 11) is 0. The summed E-state index contributed by atoms with van der Waals surface area (Å²) in [6.07, 6.45) is 4.88. The van der Waals surface area contributed by atoms with Crippen LogP contribution in [0.25, 0.3) is 0 Å². The fourth-order valence-corrected chi connectivity index (χ4v) is 3.89. The van der Waals surface area contributed by atoms with E-state index in [1.54, 1.807) is 0 Å². The van der Waals surface area contributed by atoms with Gasteiger partial charge in [0, 0.05) is 30.0 Å². The topological polar surface area (TPSA) is 70.7 Å². The van der Waals surface area contributed by atoms with Crippen molar-refractivity contribution >= 4 is 23.9 Å². The van der Waals surface area contributed by atoms with Crippen LogP contribution >= 0.6 is 11.9 Å². The molecule has 1 atom stereocenters. The van der Waals surface area contributed by atoms with E-state index in [0.717, 1.165) is 43.9 Å². The van der Waals surface area contributed by atoms with Crippen LogP contribution in [0.3, 0.4) is 0 Å². The Hall–Kier alpha value is -1.87. The van der Waals surface area contributed by atoms with Crippen LogP contribution in [0.5, 0.6) is 5.75 Å².